The minimum atomic E-state index is 0.580. The maximum atomic E-state index is 5.52. The van der Waals surface area contributed by atoms with Crippen molar-refractivity contribution in [1.29, 1.82) is 0 Å². The van der Waals surface area contributed by atoms with Gasteiger partial charge in [-0.2, -0.15) is 0 Å². The first-order chi connectivity index (χ1) is 5.70. The minimum Gasteiger partial charge on any atom is -0.380 e. The van der Waals surface area contributed by atoms with Crippen LogP contribution in [0.25, 0.3) is 0 Å². The Labute approximate surface area is 75.9 Å². The molecule has 0 heterocycles. The second-order valence-corrected chi connectivity index (χ2v) is 3.30. The molecule has 0 radical (unpaired) electrons. The molecular formula is C9H22N2O. The summed E-state index contributed by atoms with van der Waals surface area (Å²) in [4.78, 5) is 2.26. The second-order valence-electron chi connectivity index (χ2n) is 3.30. The van der Waals surface area contributed by atoms with Crippen molar-refractivity contribution in [2.75, 3.05) is 39.9 Å². The fraction of sp³-hybridized carbons (Fsp3) is 1.00. The van der Waals surface area contributed by atoms with Crippen molar-refractivity contribution in [2.45, 2.75) is 13.8 Å². The molecule has 0 aromatic carbocycles. The highest BCUT2D eigenvalue weighted by atomic mass is 16.5. The summed E-state index contributed by atoms with van der Waals surface area (Å²) < 4.78 is 5.25. The lowest BCUT2D eigenvalue weighted by Crippen LogP contribution is -2.30. The van der Waals surface area contributed by atoms with Crippen molar-refractivity contribution >= 4 is 0 Å². The molecule has 0 spiro atoms. The molecule has 0 aromatic rings. The van der Waals surface area contributed by atoms with Gasteiger partial charge in [-0.1, -0.05) is 6.92 Å². The Hall–Kier alpha value is -0.120. The monoisotopic (exact) mass is 174 g/mol. The molecule has 74 valence electrons. The van der Waals surface area contributed by atoms with Crippen molar-refractivity contribution in [3.8, 4) is 0 Å². The third-order valence-electron chi connectivity index (χ3n) is 1.85. The number of ether oxygens (including phenoxy) is 1. The number of hydrogen-bond donors (Lipinski definition) is 1. The molecule has 1 unspecified atom stereocenters. The topological polar surface area (TPSA) is 38.5 Å². The van der Waals surface area contributed by atoms with Gasteiger partial charge in [-0.25, -0.2) is 0 Å². The van der Waals surface area contributed by atoms with Crippen LogP contribution in [0.5, 0.6) is 0 Å². The molecule has 0 amide bonds. The lowest BCUT2D eigenvalue weighted by molar-refractivity contribution is 0.118. The molecule has 0 aliphatic rings. The molecule has 0 aromatic heterocycles. The zero-order valence-corrected chi connectivity index (χ0v) is 8.55. The minimum absolute atomic E-state index is 0.580. The maximum absolute atomic E-state index is 5.52. The van der Waals surface area contributed by atoms with Crippen molar-refractivity contribution in [2.24, 2.45) is 11.7 Å². The van der Waals surface area contributed by atoms with Gasteiger partial charge in [0.1, 0.15) is 0 Å². The van der Waals surface area contributed by atoms with Crippen LogP contribution < -0.4 is 5.73 Å². The molecule has 0 saturated heterocycles. The SMILES string of the molecule is CCOCCN(C)CC(C)CN. The molecule has 0 bridgehead atoms. The van der Waals surface area contributed by atoms with E-state index in [2.05, 4.69) is 18.9 Å². The maximum Gasteiger partial charge on any atom is 0.0593 e. The van der Waals surface area contributed by atoms with E-state index in [1.54, 1.807) is 0 Å². The van der Waals surface area contributed by atoms with Crippen LogP contribution in [0.4, 0.5) is 0 Å². The van der Waals surface area contributed by atoms with E-state index >= 15 is 0 Å². The summed E-state index contributed by atoms with van der Waals surface area (Å²) in [6.07, 6.45) is 0. The van der Waals surface area contributed by atoms with Crippen molar-refractivity contribution in [1.82, 2.24) is 4.90 Å². The zero-order chi connectivity index (χ0) is 9.40. The fourth-order valence-electron chi connectivity index (χ4n) is 1.06. The number of likely N-dealkylation sites (N-methyl/N-ethyl adjacent to an activating group) is 1. The Morgan fingerprint density at radius 1 is 1.50 bits per heavy atom. The molecule has 1 atom stereocenters. The van der Waals surface area contributed by atoms with Gasteiger partial charge in [-0.15, -0.1) is 0 Å². The van der Waals surface area contributed by atoms with Crippen molar-refractivity contribution < 1.29 is 4.74 Å². The first-order valence-corrected chi connectivity index (χ1v) is 4.67. The van der Waals surface area contributed by atoms with E-state index in [9.17, 15) is 0 Å². The van der Waals surface area contributed by atoms with Gasteiger partial charge in [0, 0.05) is 19.7 Å². The summed E-state index contributed by atoms with van der Waals surface area (Å²) in [6, 6.07) is 0. The average Bonchev–Trinajstić information content (AvgIpc) is 2.05. The Morgan fingerprint density at radius 2 is 2.17 bits per heavy atom. The van der Waals surface area contributed by atoms with Gasteiger partial charge in [-0.3, -0.25) is 0 Å². The quantitative estimate of drug-likeness (QED) is 0.573. The molecule has 2 N–H and O–H groups in total. The van der Waals surface area contributed by atoms with Crippen LogP contribution in [-0.2, 0) is 4.74 Å². The normalized spacial score (nSPS) is 13.8. The molecule has 12 heavy (non-hydrogen) atoms. The number of nitrogens with two attached hydrogens (primary N) is 1. The van der Waals surface area contributed by atoms with E-state index in [-0.39, 0.29) is 0 Å². The van der Waals surface area contributed by atoms with Gasteiger partial charge in [0.25, 0.3) is 0 Å². The van der Waals surface area contributed by atoms with E-state index in [1.807, 2.05) is 6.92 Å². The predicted molar refractivity (Wildman–Crippen MR) is 52.2 cm³/mol. The Balaban J connectivity index is 3.26. The van der Waals surface area contributed by atoms with Crippen molar-refractivity contribution in [3.63, 3.8) is 0 Å². The number of hydrogen-bond acceptors (Lipinski definition) is 3. The van der Waals surface area contributed by atoms with Crippen LogP contribution in [0.1, 0.15) is 13.8 Å². The molecule has 0 fully saturated rings. The van der Waals surface area contributed by atoms with E-state index < -0.39 is 0 Å². The van der Waals surface area contributed by atoms with Gasteiger partial charge in [0.2, 0.25) is 0 Å². The zero-order valence-electron chi connectivity index (χ0n) is 8.55. The Kier molecular flexibility index (Phi) is 7.45. The summed E-state index contributed by atoms with van der Waals surface area (Å²) in [6.45, 7) is 8.63. The van der Waals surface area contributed by atoms with Gasteiger partial charge in [0.15, 0.2) is 0 Å². The van der Waals surface area contributed by atoms with E-state index in [4.69, 9.17) is 10.5 Å². The predicted octanol–water partition coefficient (Wildman–Crippen LogP) is 0.550. The molecule has 0 saturated carbocycles. The highest BCUT2D eigenvalue weighted by Gasteiger charge is 2.03. The molecule has 3 heteroatoms. The molecule has 0 rings (SSSR count). The van der Waals surface area contributed by atoms with Gasteiger partial charge in [0.05, 0.1) is 6.61 Å². The fourth-order valence-corrected chi connectivity index (χ4v) is 1.06. The molecule has 3 nitrogen and oxygen atoms in total. The molecule has 0 aliphatic heterocycles. The highest BCUT2D eigenvalue weighted by Crippen LogP contribution is 1.94. The van der Waals surface area contributed by atoms with E-state index in [0.29, 0.717) is 5.92 Å². The van der Waals surface area contributed by atoms with E-state index in [0.717, 1.165) is 32.8 Å². The Bertz CT molecular complexity index is 98.5. The van der Waals surface area contributed by atoms with E-state index in [1.165, 1.54) is 0 Å². The summed E-state index contributed by atoms with van der Waals surface area (Å²) >= 11 is 0. The molecular weight excluding hydrogens is 152 g/mol. The standard InChI is InChI=1S/C9H22N2O/c1-4-12-6-5-11(3)8-9(2)7-10/h9H,4-8,10H2,1-3H3. The average molecular weight is 174 g/mol. The highest BCUT2D eigenvalue weighted by molar-refractivity contribution is 4.58. The van der Waals surface area contributed by atoms with Crippen LogP contribution >= 0.6 is 0 Å². The summed E-state index contributed by atoms with van der Waals surface area (Å²) in [5.41, 5.74) is 5.52. The van der Waals surface area contributed by atoms with Crippen LogP contribution in [0.3, 0.4) is 0 Å². The van der Waals surface area contributed by atoms with Crippen LogP contribution in [-0.4, -0.2) is 44.8 Å². The van der Waals surface area contributed by atoms with Crippen LogP contribution in [0.15, 0.2) is 0 Å². The summed E-state index contributed by atoms with van der Waals surface area (Å²) in [7, 11) is 2.10. The third-order valence-corrected chi connectivity index (χ3v) is 1.85. The van der Waals surface area contributed by atoms with Crippen molar-refractivity contribution in [3.05, 3.63) is 0 Å². The Morgan fingerprint density at radius 3 is 2.67 bits per heavy atom. The number of rotatable bonds is 7. The lowest BCUT2D eigenvalue weighted by atomic mass is 10.2. The van der Waals surface area contributed by atoms with Gasteiger partial charge >= 0.3 is 0 Å². The van der Waals surface area contributed by atoms with Crippen LogP contribution in [0, 0.1) is 5.92 Å². The molecule has 0 aliphatic carbocycles. The largest absolute Gasteiger partial charge is 0.380 e. The number of nitrogens with zero attached hydrogens (tertiary/aromatic N) is 1. The first kappa shape index (κ1) is 11.9. The van der Waals surface area contributed by atoms with Crippen LogP contribution in [0.2, 0.25) is 0 Å². The summed E-state index contributed by atoms with van der Waals surface area (Å²) in [5, 5.41) is 0. The smallest absolute Gasteiger partial charge is 0.0593 e. The summed E-state index contributed by atoms with van der Waals surface area (Å²) in [5.74, 6) is 0.580. The van der Waals surface area contributed by atoms with Gasteiger partial charge < -0.3 is 15.4 Å². The van der Waals surface area contributed by atoms with Gasteiger partial charge in [-0.05, 0) is 26.4 Å². The lowest BCUT2D eigenvalue weighted by Gasteiger charge is -2.19. The second kappa shape index (κ2) is 7.53. The first-order valence-electron chi connectivity index (χ1n) is 4.67. The third kappa shape index (κ3) is 6.58.